The van der Waals surface area contributed by atoms with Crippen molar-refractivity contribution < 1.29 is 48.1 Å². The fourth-order valence-electron chi connectivity index (χ4n) is 4.14. The predicted octanol–water partition coefficient (Wildman–Crippen LogP) is 8.39. The van der Waals surface area contributed by atoms with Gasteiger partial charge in [0.15, 0.2) is 0 Å². The Labute approximate surface area is 224 Å². The van der Waals surface area contributed by atoms with Crippen LogP contribution in [0.4, 0.5) is 0 Å². The second kappa shape index (κ2) is 23.7. The van der Waals surface area contributed by atoms with E-state index in [1.165, 1.54) is 89.9 Å². The summed E-state index contributed by atoms with van der Waals surface area (Å²) in [5.74, 6) is -1.88. The summed E-state index contributed by atoms with van der Waals surface area (Å²) in [4.78, 5) is 14.7. The Morgan fingerprint density at radius 2 is 1.03 bits per heavy atom. The molecule has 0 aromatic rings. The van der Waals surface area contributed by atoms with Gasteiger partial charge in [0.2, 0.25) is 0 Å². The van der Waals surface area contributed by atoms with Gasteiger partial charge >= 0.3 is 13.8 Å². The Morgan fingerprint density at radius 3 is 1.46 bits per heavy atom. The predicted molar refractivity (Wildman–Crippen MR) is 140 cm³/mol. The Bertz CT molecular complexity index is 525. The van der Waals surface area contributed by atoms with E-state index in [4.69, 9.17) is 18.9 Å². The highest BCUT2D eigenvalue weighted by Crippen LogP contribution is 2.45. The lowest BCUT2D eigenvalue weighted by molar-refractivity contribution is -0.725. The second-order valence-corrected chi connectivity index (χ2v) is 11.2. The first kappa shape index (κ1) is 34.9. The first-order valence-electron chi connectivity index (χ1n) is 14.7. The quantitative estimate of drug-likeness (QED) is 0.0538. The second-order valence-electron chi connectivity index (χ2n) is 9.85. The number of unbranched alkanes of at least 4 members (excludes halogenated alkanes) is 18. The van der Waals surface area contributed by atoms with Gasteiger partial charge in [-0.3, -0.25) is 4.52 Å². The van der Waals surface area contributed by atoms with Crippen molar-refractivity contribution in [3.63, 3.8) is 0 Å². The van der Waals surface area contributed by atoms with Gasteiger partial charge in [0.05, 0.1) is 13.2 Å². The summed E-state index contributed by atoms with van der Waals surface area (Å²) in [6, 6.07) is 0. The lowest BCUT2D eigenvalue weighted by Crippen LogP contribution is -2.44. The summed E-state index contributed by atoms with van der Waals surface area (Å²) in [6.45, 7) is 4.47. The van der Waals surface area contributed by atoms with Gasteiger partial charge in [0.25, 0.3) is 0 Å². The van der Waals surface area contributed by atoms with E-state index in [-0.39, 0.29) is 0 Å². The van der Waals surface area contributed by atoms with Crippen molar-refractivity contribution in [3.8, 4) is 0 Å². The van der Waals surface area contributed by atoms with E-state index in [1.54, 1.807) is 0 Å². The van der Waals surface area contributed by atoms with E-state index in [2.05, 4.69) is 33.6 Å². The molecule has 11 heteroatoms. The smallest absolute Gasteiger partial charge is 0.324 e. The van der Waals surface area contributed by atoms with Gasteiger partial charge < -0.3 is 14.4 Å². The molecule has 1 atom stereocenters. The minimum Gasteiger partial charge on any atom is -0.324 e. The third-order valence-electron chi connectivity index (χ3n) is 6.39. The van der Waals surface area contributed by atoms with Crippen LogP contribution in [0.2, 0.25) is 0 Å². The molecule has 1 N–H and O–H groups in total. The topological polar surface area (TPSA) is 111 Å². The van der Waals surface area contributed by atoms with Gasteiger partial charge in [-0.15, -0.1) is 4.89 Å². The molecule has 10 nitrogen and oxygen atoms in total. The molecule has 1 unspecified atom stereocenters. The molecule has 37 heavy (non-hydrogen) atoms. The van der Waals surface area contributed by atoms with Crippen molar-refractivity contribution in [2.24, 2.45) is 0 Å². The van der Waals surface area contributed by atoms with Crippen molar-refractivity contribution in [2.75, 3.05) is 19.8 Å². The van der Waals surface area contributed by atoms with Crippen LogP contribution in [0.3, 0.4) is 0 Å². The molecule has 0 amide bonds. The molecule has 222 valence electrons. The molecule has 0 radical (unpaired) electrons. The highest BCUT2D eigenvalue weighted by molar-refractivity contribution is 7.47. The third kappa shape index (κ3) is 20.4. The Balaban J connectivity index is 2.32. The maximum atomic E-state index is 11.9. The summed E-state index contributed by atoms with van der Waals surface area (Å²) < 4.78 is 32.5. The maximum absolute atomic E-state index is 11.9. The van der Waals surface area contributed by atoms with Crippen LogP contribution in [0.15, 0.2) is 0 Å². The molecular formula is C26H53O10P. The number of hydrogen-bond acceptors (Lipinski definition) is 9. The normalized spacial score (nSPS) is 20.4. The van der Waals surface area contributed by atoms with E-state index >= 15 is 0 Å². The summed E-state index contributed by atoms with van der Waals surface area (Å²) in [6.07, 6.45) is 23.7. The van der Waals surface area contributed by atoms with Crippen molar-refractivity contribution >= 4 is 7.82 Å². The molecule has 1 saturated heterocycles. The molecule has 0 aromatic carbocycles. The van der Waals surface area contributed by atoms with Crippen LogP contribution in [-0.4, -0.2) is 30.7 Å². The van der Waals surface area contributed by atoms with Crippen LogP contribution < -0.4 is 0 Å². The number of phosphoric acid groups is 1. The highest BCUT2D eigenvalue weighted by Gasteiger charge is 2.42. The SMILES string of the molecule is CCCCCCCCCCCCOC1(OCCCCCCCCCCCC)COP(=O)(O)OOOOO1. The van der Waals surface area contributed by atoms with E-state index in [0.29, 0.717) is 13.2 Å². The Hall–Kier alpha value is -0.130. The van der Waals surface area contributed by atoms with Crippen LogP contribution >= 0.6 is 7.82 Å². The molecule has 1 heterocycles. The standard InChI is InChI=1S/C26H53O10P/c1-3-5-7-9-11-13-15-17-19-21-23-29-26(25-31-37(27,28)36-35-34-33-32-26)30-24-22-20-18-16-14-12-10-8-6-4-2/h3-25H2,1-2H3,(H,27,28). The molecule has 0 aliphatic carbocycles. The fraction of sp³-hybridized carbons (Fsp3) is 1.00. The van der Waals surface area contributed by atoms with Crippen molar-refractivity contribution in [2.45, 2.75) is 148 Å². The molecule has 1 rings (SSSR count). The lowest BCUT2D eigenvalue weighted by atomic mass is 10.1. The molecule has 0 saturated carbocycles. The Kier molecular flexibility index (Phi) is 22.4. The van der Waals surface area contributed by atoms with Gasteiger partial charge in [-0.25, -0.2) is 4.57 Å². The lowest BCUT2D eigenvalue weighted by Gasteiger charge is -2.29. The average Bonchev–Trinajstić information content (AvgIpc) is 2.95. The van der Waals surface area contributed by atoms with Gasteiger partial charge in [0.1, 0.15) is 6.61 Å². The maximum Gasteiger partial charge on any atom is 0.502 e. The zero-order valence-electron chi connectivity index (χ0n) is 23.3. The van der Waals surface area contributed by atoms with Crippen molar-refractivity contribution in [1.29, 1.82) is 0 Å². The van der Waals surface area contributed by atoms with E-state index in [9.17, 15) is 9.46 Å². The van der Waals surface area contributed by atoms with Crippen LogP contribution in [-0.2, 0) is 43.2 Å². The van der Waals surface area contributed by atoms with Gasteiger partial charge in [-0.1, -0.05) is 134 Å². The Morgan fingerprint density at radius 1 is 0.622 bits per heavy atom. The third-order valence-corrected chi connectivity index (χ3v) is 7.09. The molecule has 0 aromatic heterocycles. The molecule has 0 spiro atoms. The average molecular weight is 557 g/mol. The molecule has 1 aliphatic heterocycles. The van der Waals surface area contributed by atoms with Crippen LogP contribution in [0.1, 0.15) is 142 Å². The van der Waals surface area contributed by atoms with Crippen LogP contribution in [0.5, 0.6) is 0 Å². The minimum absolute atomic E-state index is 0.290. The minimum atomic E-state index is -4.57. The number of ether oxygens (including phenoxy) is 2. The van der Waals surface area contributed by atoms with E-state index in [1.807, 2.05) is 0 Å². The monoisotopic (exact) mass is 556 g/mol. The van der Waals surface area contributed by atoms with Crippen molar-refractivity contribution in [3.05, 3.63) is 0 Å². The first-order valence-corrected chi connectivity index (χ1v) is 16.2. The van der Waals surface area contributed by atoms with Crippen LogP contribution in [0, 0.1) is 0 Å². The first-order chi connectivity index (χ1) is 18.0. The van der Waals surface area contributed by atoms with Gasteiger partial charge in [0, 0.05) is 0 Å². The molecule has 1 aliphatic rings. The van der Waals surface area contributed by atoms with E-state index in [0.717, 1.165) is 38.5 Å². The number of phosphoric ester groups is 1. The van der Waals surface area contributed by atoms with Gasteiger partial charge in [-0.05, 0) is 28.0 Å². The molecular weight excluding hydrogens is 503 g/mol. The van der Waals surface area contributed by atoms with E-state index < -0.39 is 20.4 Å². The largest absolute Gasteiger partial charge is 0.502 e. The summed E-state index contributed by atoms with van der Waals surface area (Å²) in [7, 11) is -4.57. The van der Waals surface area contributed by atoms with Gasteiger partial charge in [-0.2, -0.15) is 0 Å². The summed E-state index contributed by atoms with van der Waals surface area (Å²) in [5, 5.41) is 12.6. The zero-order chi connectivity index (χ0) is 26.9. The molecule has 0 bridgehead atoms. The highest BCUT2D eigenvalue weighted by atomic mass is 31.2. The summed E-state index contributed by atoms with van der Waals surface area (Å²) in [5.41, 5.74) is 0. The number of rotatable bonds is 24. The molecule has 1 fully saturated rings. The van der Waals surface area contributed by atoms with Crippen molar-refractivity contribution in [1.82, 2.24) is 0 Å². The number of hydrogen-bond donors (Lipinski definition) is 1. The fourth-order valence-corrected chi connectivity index (χ4v) is 4.61. The summed E-state index contributed by atoms with van der Waals surface area (Å²) >= 11 is 0. The van der Waals surface area contributed by atoms with Crippen LogP contribution in [0.25, 0.3) is 0 Å². The zero-order valence-corrected chi connectivity index (χ0v) is 24.2.